The van der Waals surface area contributed by atoms with Crippen molar-refractivity contribution < 1.29 is 26.8 Å². The summed E-state index contributed by atoms with van der Waals surface area (Å²) in [5.41, 5.74) is -1.37. The average molecular weight is 411 g/mol. The van der Waals surface area contributed by atoms with Crippen LogP contribution in [0.1, 0.15) is 37.3 Å². The van der Waals surface area contributed by atoms with Crippen molar-refractivity contribution in [3.05, 3.63) is 39.8 Å². The van der Waals surface area contributed by atoms with E-state index in [1.165, 1.54) is 13.0 Å². The quantitative estimate of drug-likeness (QED) is 0.575. The summed E-state index contributed by atoms with van der Waals surface area (Å²) in [5, 5.41) is -0.142. The maximum absolute atomic E-state index is 14.4. The molecule has 3 aromatic rings. The number of alkyl halides is 3. The van der Waals surface area contributed by atoms with Crippen LogP contribution in [0.25, 0.3) is 22.0 Å². The number of hydrogen-bond acceptors (Lipinski definition) is 4. The molecule has 6 nitrogen and oxygen atoms in total. The Balaban J connectivity index is 1.89. The lowest BCUT2D eigenvalue weighted by Crippen LogP contribution is -2.36. The second-order valence-corrected chi connectivity index (χ2v) is 7.22. The van der Waals surface area contributed by atoms with Crippen LogP contribution in [0.2, 0.25) is 0 Å². The SMILES string of the molecule is CC(=O)N1CCC(c2cc(=O)c3cc(F)c4nc(C(F)(F)F)n(C)c4c3o2)CC1. The van der Waals surface area contributed by atoms with Crippen LogP contribution in [0, 0.1) is 5.82 Å². The van der Waals surface area contributed by atoms with Crippen LogP contribution in [0.5, 0.6) is 0 Å². The zero-order chi connectivity index (χ0) is 21.1. The third-order valence-corrected chi connectivity index (χ3v) is 5.41. The summed E-state index contributed by atoms with van der Waals surface area (Å²) in [7, 11) is 1.11. The van der Waals surface area contributed by atoms with Gasteiger partial charge in [-0.15, -0.1) is 0 Å². The summed E-state index contributed by atoms with van der Waals surface area (Å²) in [6.07, 6.45) is -3.68. The zero-order valence-corrected chi connectivity index (χ0v) is 15.6. The van der Waals surface area contributed by atoms with Gasteiger partial charge in [0, 0.05) is 39.0 Å². The molecule has 154 valence electrons. The van der Waals surface area contributed by atoms with Gasteiger partial charge in [-0.05, 0) is 18.9 Å². The Labute approximate surface area is 161 Å². The minimum atomic E-state index is -4.79. The van der Waals surface area contributed by atoms with Gasteiger partial charge in [-0.3, -0.25) is 9.59 Å². The number of piperidine rings is 1. The molecule has 0 aliphatic carbocycles. The molecule has 2 aromatic heterocycles. The van der Waals surface area contributed by atoms with Crippen LogP contribution in [0.4, 0.5) is 17.6 Å². The number of aryl methyl sites for hydroxylation is 1. The lowest BCUT2D eigenvalue weighted by Gasteiger charge is -2.30. The molecule has 1 aliphatic rings. The number of hydrogen-bond donors (Lipinski definition) is 0. The van der Waals surface area contributed by atoms with Gasteiger partial charge in [-0.25, -0.2) is 9.37 Å². The van der Waals surface area contributed by atoms with Crippen LogP contribution in [-0.2, 0) is 18.0 Å². The number of imidazole rings is 1. The van der Waals surface area contributed by atoms with E-state index >= 15 is 0 Å². The van der Waals surface area contributed by atoms with Gasteiger partial charge in [0.25, 0.3) is 0 Å². The maximum Gasteiger partial charge on any atom is 0.449 e. The van der Waals surface area contributed by atoms with Crippen molar-refractivity contribution in [2.75, 3.05) is 13.1 Å². The van der Waals surface area contributed by atoms with Gasteiger partial charge in [-0.1, -0.05) is 0 Å². The molecule has 1 aromatic carbocycles. The van der Waals surface area contributed by atoms with Gasteiger partial charge >= 0.3 is 6.18 Å². The molecule has 0 bridgehead atoms. The van der Waals surface area contributed by atoms with E-state index in [4.69, 9.17) is 4.42 Å². The summed E-state index contributed by atoms with van der Waals surface area (Å²) in [6, 6.07) is 2.11. The standard InChI is InChI=1S/C19H17F4N3O3/c1-9(27)26-5-3-10(4-6-26)14-8-13(28)11-7-12(20)15-16(17(11)29-14)25(2)18(24-15)19(21,22)23/h7-8,10H,3-6H2,1-2H3. The van der Waals surface area contributed by atoms with E-state index < -0.39 is 28.8 Å². The zero-order valence-electron chi connectivity index (χ0n) is 15.6. The molecule has 0 spiro atoms. The Hall–Kier alpha value is -2.91. The lowest BCUT2D eigenvalue weighted by atomic mass is 9.93. The molecule has 1 aliphatic heterocycles. The first kappa shape index (κ1) is 19.4. The summed E-state index contributed by atoms with van der Waals surface area (Å²) in [4.78, 5) is 29.1. The number of carbonyl (C=O) groups excluding carboxylic acids is 1. The first-order valence-corrected chi connectivity index (χ1v) is 9.03. The molecule has 3 heterocycles. The van der Waals surface area contributed by atoms with Crippen LogP contribution in [0.3, 0.4) is 0 Å². The number of rotatable bonds is 1. The highest BCUT2D eigenvalue weighted by atomic mass is 19.4. The molecule has 0 saturated carbocycles. The number of aromatic nitrogens is 2. The predicted molar refractivity (Wildman–Crippen MR) is 95.9 cm³/mol. The smallest absolute Gasteiger partial charge is 0.449 e. The number of benzene rings is 1. The van der Waals surface area contributed by atoms with Gasteiger partial charge in [0.2, 0.25) is 11.7 Å². The third kappa shape index (κ3) is 3.16. The molecular formula is C19H17F4N3O3. The highest BCUT2D eigenvalue weighted by molar-refractivity contribution is 6.01. The van der Waals surface area contributed by atoms with Gasteiger partial charge in [0.05, 0.1) is 5.39 Å². The summed E-state index contributed by atoms with van der Waals surface area (Å²) in [6.45, 7) is 2.46. The van der Waals surface area contributed by atoms with Crippen molar-refractivity contribution in [2.24, 2.45) is 7.05 Å². The lowest BCUT2D eigenvalue weighted by molar-refractivity contribution is -0.146. The largest absolute Gasteiger partial charge is 0.458 e. The molecule has 29 heavy (non-hydrogen) atoms. The van der Waals surface area contributed by atoms with Crippen molar-refractivity contribution in [1.82, 2.24) is 14.5 Å². The van der Waals surface area contributed by atoms with E-state index in [1.807, 2.05) is 0 Å². The minimum Gasteiger partial charge on any atom is -0.458 e. The molecule has 4 rings (SSSR count). The fourth-order valence-corrected chi connectivity index (χ4v) is 3.89. The fourth-order valence-electron chi connectivity index (χ4n) is 3.89. The first-order valence-electron chi connectivity index (χ1n) is 9.03. The Bertz CT molecular complexity index is 1190. The monoisotopic (exact) mass is 411 g/mol. The number of carbonyl (C=O) groups is 1. The van der Waals surface area contributed by atoms with E-state index in [2.05, 4.69) is 4.98 Å². The second-order valence-electron chi connectivity index (χ2n) is 7.22. The Morgan fingerprint density at radius 1 is 1.24 bits per heavy atom. The number of halogens is 4. The van der Waals surface area contributed by atoms with Crippen molar-refractivity contribution in [2.45, 2.75) is 31.9 Å². The Kier molecular flexibility index (Phi) is 4.39. The van der Waals surface area contributed by atoms with E-state index in [1.54, 1.807) is 4.90 Å². The topological polar surface area (TPSA) is 68.3 Å². The number of amides is 1. The van der Waals surface area contributed by atoms with E-state index in [0.29, 0.717) is 36.3 Å². The molecule has 10 heteroatoms. The summed E-state index contributed by atoms with van der Waals surface area (Å²) >= 11 is 0. The van der Waals surface area contributed by atoms with Crippen molar-refractivity contribution >= 4 is 27.9 Å². The fraction of sp³-hybridized carbons (Fsp3) is 0.421. The number of nitrogens with zero attached hydrogens (tertiary/aromatic N) is 3. The molecule has 1 fully saturated rings. The minimum absolute atomic E-state index is 0.0461. The second kappa shape index (κ2) is 6.57. The normalized spacial score (nSPS) is 16.1. The molecule has 0 atom stereocenters. The molecule has 0 N–H and O–H groups in total. The van der Waals surface area contributed by atoms with Crippen molar-refractivity contribution in [3.8, 4) is 0 Å². The third-order valence-electron chi connectivity index (χ3n) is 5.41. The highest BCUT2D eigenvalue weighted by Gasteiger charge is 2.38. The van der Waals surface area contributed by atoms with Crippen LogP contribution >= 0.6 is 0 Å². The molecule has 0 unspecified atom stereocenters. The first-order chi connectivity index (χ1) is 13.6. The van der Waals surface area contributed by atoms with Crippen LogP contribution in [0.15, 0.2) is 21.3 Å². The molecular weight excluding hydrogens is 394 g/mol. The van der Waals surface area contributed by atoms with E-state index in [-0.39, 0.29) is 28.3 Å². The molecule has 1 amide bonds. The van der Waals surface area contributed by atoms with Gasteiger partial charge < -0.3 is 13.9 Å². The molecule has 1 saturated heterocycles. The molecule has 0 radical (unpaired) electrons. The highest BCUT2D eigenvalue weighted by Crippen LogP contribution is 2.36. The Morgan fingerprint density at radius 3 is 2.48 bits per heavy atom. The van der Waals surface area contributed by atoms with E-state index in [9.17, 15) is 27.2 Å². The van der Waals surface area contributed by atoms with Gasteiger partial charge in [-0.2, -0.15) is 13.2 Å². The van der Waals surface area contributed by atoms with Crippen LogP contribution in [-0.4, -0.2) is 33.4 Å². The summed E-state index contributed by atoms with van der Waals surface area (Å²) in [5.74, 6) is -2.20. The van der Waals surface area contributed by atoms with Crippen molar-refractivity contribution in [1.29, 1.82) is 0 Å². The Morgan fingerprint density at radius 2 is 1.90 bits per heavy atom. The average Bonchev–Trinajstić information content (AvgIpc) is 3.01. The number of likely N-dealkylation sites (tertiary alicyclic amines) is 1. The van der Waals surface area contributed by atoms with E-state index in [0.717, 1.165) is 13.1 Å². The van der Waals surface area contributed by atoms with Gasteiger partial charge in [0.15, 0.2) is 16.8 Å². The number of fused-ring (bicyclic) bond motifs is 3. The maximum atomic E-state index is 14.4. The van der Waals surface area contributed by atoms with Crippen LogP contribution < -0.4 is 5.43 Å². The van der Waals surface area contributed by atoms with Gasteiger partial charge in [0.1, 0.15) is 16.8 Å². The van der Waals surface area contributed by atoms with Crippen molar-refractivity contribution in [3.63, 3.8) is 0 Å². The predicted octanol–water partition coefficient (Wildman–Crippen LogP) is 3.56. The summed E-state index contributed by atoms with van der Waals surface area (Å²) < 4.78 is 60.7.